The van der Waals surface area contributed by atoms with E-state index in [0.29, 0.717) is 24.8 Å². The number of aromatic nitrogens is 1. The summed E-state index contributed by atoms with van der Waals surface area (Å²) in [6, 6.07) is 15.0. The van der Waals surface area contributed by atoms with Crippen LogP contribution in [0.3, 0.4) is 0 Å². The highest BCUT2D eigenvalue weighted by molar-refractivity contribution is 7.90. The van der Waals surface area contributed by atoms with Gasteiger partial charge in [0.15, 0.2) is 0 Å². The monoisotopic (exact) mass is 497 g/mol. The van der Waals surface area contributed by atoms with Gasteiger partial charge in [0.05, 0.1) is 12.7 Å². The van der Waals surface area contributed by atoms with E-state index in [1.807, 2.05) is 40.0 Å². The van der Waals surface area contributed by atoms with Gasteiger partial charge in [-0.3, -0.25) is 0 Å². The number of halogens is 3. The molecule has 0 bridgehead atoms. The van der Waals surface area contributed by atoms with Crippen molar-refractivity contribution in [3.8, 4) is 0 Å². The average Bonchev–Trinajstić information content (AvgIpc) is 2.84. The van der Waals surface area contributed by atoms with Gasteiger partial charge in [0, 0.05) is 31.2 Å². The molecule has 2 aliphatic rings. The van der Waals surface area contributed by atoms with Crippen molar-refractivity contribution >= 4 is 15.8 Å². The third kappa shape index (κ3) is 6.09. The fraction of sp³-hybridized carbons (Fsp3) is 0.542. The van der Waals surface area contributed by atoms with Crippen LogP contribution in [0.4, 0.5) is 19.0 Å². The summed E-state index contributed by atoms with van der Waals surface area (Å²) in [6.45, 7) is 0.956. The molecule has 0 unspecified atom stereocenters. The van der Waals surface area contributed by atoms with E-state index in [1.165, 1.54) is 5.56 Å². The predicted octanol–water partition coefficient (Wildman–Crippen LogP) is 4.46. The number of nitrogens with zero attached hydrogens (tertiary/aromatic N) is 2. The van der Waals surface area contributed by atoms with Crippen LogP contribution in [0.25, 0.3) is 0 Å². The SMILES string of the molecule is O=S(=O)(N[C@H]1CCN(c2ccccn2)C[C@H]1COC1CCC(c2ccccc2)CC1)C(F)(F)F. The maximum atomic E-state index is 13.0. The van der Waals surface area contributed by atoms with Gasteiger partial charge >= 0.3 is 15.5 Å². The first-order valence-electron chi connectivity index (χ1n) is 11.6. The van der Waals surface area contributed by atoms with E-state index in [0.717, 1.165) is 25.7 Å². The molecular formula is C24H30F3N3O3S. The molecule has 34 heavy (non-hydrogen) atoms. The lowest BCUT2D eigenvalue weighted by atomic mass is 9.82. The van der Waals surface area contributed by atoms with Gasteiger partial charge in [-0.05, 0) is 55.7 Å². The Morgan fingerprint density at radius 1 is 1.00 bits per heavy atom. The Balaban J connectivity index is 1.39. The van der Waals surface area contributed by atoms with Crippen molar-refractivity contribution in [2.75, 3.05) is 24.6 Å². The fourth-order valence-electron chi connectivity index (χ4n) is 4.92. The fourth-order valence-corrected chi connectivity index (χ4v) is 5.76. The third-order valence-corrected chi connectivity index (χ3v) is 8.03. The largest absolute Gasteiger partial charge is 0.511 e. The molecule has 1 aromatic heterocycles. The number of benzene rings is 1. The molecule has 1 saturated heterocycles. The molecule has 10 heteroatoms. The molecule has 1 saturated carbocycles. The van der Waals surface area contributed by atoms with Gasteiger partial charge in [0.1, 0.15) is 5.82 Å². The molecule has 0 spiro atoms. The molecule has 2 atom stereocenters. The number of alkyl halides is 3. The standard InChI is InChI=1S/C24H30F3N3O3S/c25-24(26,27)34(31,32)29-22-13-15-30(23-8-4-5-14-28-23)16-20(22)17-33-21-11-9-19(10-12-21)18-6-2-1-3-7-18/h1-8,14,19-22,29H,9-13,15-17H2/t19?,20-,21?,22-/m0/s1. The maximum Gasteiger partial charge on any atom is 0.511 e. The highest BCUT2D eigenvalue weighted by atomic mass is 32.2. The van der Waals surface area contributed by atoms with Crippen molar-refractivity contribution < 1.29 is 26.3 Å². The molecular weight excluding hydrogens is 467 g/mol. The van der Waals surface area contributed by atoms with Crippen LogP contribution in [-0.4, -0.2) is 50.8 Å². The van der Waals surface area contributed by atoms with Crippen molar-refractivity contribution in [1.29, 1.82) is 0 Å². The van der Waals surface area contributed by atoms with Crippen LogP contribution >= 0.6 is 0 Å². The first-order valence-corrected chi connectivity index (χ1v) is 13.1. The van der Waals surface area contributed by atoms with Gasteiger partial charge in [-0.25, -0.2) is 18.1 Å². The Morgan fingerprint density at radius 2 is 1.71 bits per heavy atom. The molecule has 6 nitrogen and oxygen atoms in total. The van der Waals surface area contributed by atoms with Gasteiger partial charge in [-0.2, -0.15) is 13.2 Å². The van der Waals surface area contributed by atoms with E-state index in [4.69, 9.17) is 4.74 Å². The molecule has 4 rings (SSSR count). The second-order valence-electron chi connectivity index (χ2n) is 9.07. The number of rotatable bonds is 7. The van der Waals surface area contributed by atoms with Crippen molar-refractivity contribution in [3.63, 3.8) is 0 Å². The highest BCUT2D eigenvalue weighted by Crippen LogP contribution is 2.34. The maximum absolute atomic E-state index is 13.0. The van der Waals surface area contributed by atoms with Crippen molar-refractivity contribution in [3.05, 3.63) is 60.3 Å². The Hall–Kier alpha value is -2.17. The van der Waals surface area contributed by atoms with Crippen molar-refractivity contribution in [2.45, 2.75) is 55.7 Å². The Bertz CT molecular complexity index is 1010. The molecule has 0 amide bonds. The van der Waals surface area contributed by atoms with Crippen LogP contribution in [-0.2, 0) is 14.8 Å². The minimum atomic E-state index is -5.43. The van der Waals surface area contributed by atoms with E-state index >= 15 is 0 Å². The highest BCUT2D eigenvalue weighted by Gasteiger charge is 2.48. The summed E-state index contributed by atoms with van der Waals surface area (Å²) in [5.41, 5.74) is -4.02. The number of anilines is 1. The minimum Gasteiger partial charge on any atom is -0.378 e. The number of pyridine rings is 1. The van der Waals surface area contributed by atoms with Gasteiger partial charge in [0.25, 0.3) is 0 Å². The molecule has 2 heterocycles. The summed E-state index contributed by atoms with van der Waals surface area (Å²) < 4.78 is 70.7. The number of piperidine rings is 1. The van der Waals surface area contributed by atoms with Crippen LogP contribution in [0.15, 0.2) is 54.7 Å². The van der Waals surface area contributed by atoms with E-state index < -0.39 is 27.5 Å². The van der Waals surface area contributed by atoms with E-state index in [9.17, 15) is 21.6 Å². The van der Waals surface area contributed by atoms with Gasteiger partial charge in [0.2, 0.25) is 0 Å². The van der Waals surface area contributed by atoms with Crippen molar-refractivity contribution in [2.24, 2.45) is 5.92 Å². The third-order valence-electron chi connectivity index (χ3n) is 6.81. The summed E-state index contributed by atoms with van der Waals surface area (Å²) in [5, 5.41) is 0. The van der Waals surface area contributed by atoms with Gasteiger partial charge in [-0.1, -0.05) is 36.4 Å². The summed E-state index contributed by atoms with van der Waals surface area (Å²) in [4.78, 5) is 6.30. The molecule has 186 valence electrons. The molecule has 1 N–H and O–H groups in total. The molecule has 0 radical (unpaired) electrons. The smallest absolute Gasteiger partial charge is 0.378 e. The van der Waals surface area contributed by atoms with Crippen LogP contribution in [0.1, 0.15) is 43.6 Å². The Labute approximate surface area is 198 Å². The van der Waals surface area contributed by atoms with Crippen LogP contribution in [0, 0.1) is 5.92 Å². The zero-order valence-electron chi connectivity index (χ0n) is 18.8. The van der Waals surface area contributed by atoms with E-state index in [2.05, 4.69) is 17.1 Å². The lowest BCUT2D eigenvalue weighted by molar-refractivity contribution is -0.0460. The summed E-state index contributed by atoms with van der Waals surface area (Å²) in [7, 11) is -5.43. The predicted molar refractivity (Wildman–Crippen MR) is 124 cm³/mol. The molecule has 1 aliphatic carbocycles. The quantitative estimate of drug-likeness (QED) is 0.612. The van der Waals surface area contributed by atoms with E-state index in [1.54, 1.807) is 12.3 Å². The van der Waals surface area contributed by atoms with E-state index in [-0.39, 0.29) is 19.1 Å². The van der Waals surface area contributed by atoms with Crippen LogP contribution < -0.4 is 9.62 Å². The molecule has 2 aromatic rings. The number of sulfonamides is 1. The Morgan fingerprint density at radius 3 is 2.35 bits per heavy atom. The zero-order chi connectivity index (χ0) is 24.2. The number of hydrogen-bond donors (Lipinski definition) is 1. The molecule has 1 aliphatic heterocycles. The second kappa shape index (κ2) is 10.6. The number of hydrogen-bond acceptors (Lipinski definition) is 5. The lowest BCUT2D eigenvalue weighted by Gasteiger charge is -2.40. The summed E-state index contributed by atoms with van der Waals surface area (Å²) >= 11 is 0. The van der Waals surface area contributed by atoms with Gasteiger partial charge in [-0.15, -0.1) is 0 Å². The minimum absolute atomic E-state index is 0.0186. The normalized spacial score (nSPS) is 26.4. The van der Waals surface area contributed by atoms with Gasteiger partial charge < -0.3 is 9.64 Å². The average molecular weight is 498 g/mol. The first-order chi connectivity index (χ1) is 16.2. The Kier molecular flexibility index (Phi) is 7.79. The first kappa shape index (κ1) is 24.9. The zero-order valence-corrected chi connectivity index (χ0v) is 19.6. The molecule has 1 aromatic carbocycles. The second-order valence-corrected chi connectivity index (χ2v) is 10.8. The summed E-state index contributed by atoms with van der Waals surface area (Å²) in [5.74, 6) is 0.773. The number of ether oxygens (including phenoxy) is 1. The number of nitrogens with one attached hydrogen (secondary N) is 1. The molecule has 2 fully saturated rings. The summed E-state index contributed by atoms with van der Waals surface area (Å²) in [6.07, 6.45) is 5.63. The van der Waals surface area contributed by atoms with Crippen LogP contribution in [0.5, 0.6) is 0 Å². The van der Waals surface area contributed by atoms with Crippen molar-refractivity contribution in [1.82, 2.24) is 9.71 Å². The topological polar surface area (TPSA) is 71.5 Å². The lowest BCUT2D eigenvalue weighted by Crippen LogP contribution is -2.54. The van der Waals surface area contributed by atoms with Crippen LogP contribution in [0.2, 0.25) is 0 Å².